The van der Waals surface area contributed by atoms with Gasteiger partial charge in [-0.15, -0.1) is 74.4 Å². The van der Waals surface area contributed by atoms with E-state index in [1.807, 2.05) is 0 Å². The summed E-state index contributed by atoms with van der Waals surface area (Å²) in [6.45, 7) is 0. The van der Waals surface area contributed by atoms with E-state index in [-0.39, 0.29) is 107 Å². The quantitative estimate of drug-likeness (QED) is 0.622. The third-order valence-corrected chi connectivity index (χ3v) is 0. The maximum Gasteiger partial charge on any atom is 0 e. The van der Waals surface area contributed by atoms with Gasteiger partial charge in [0, 0.05) is 20.4 Å². The molecule has 0 aromatic rings. The molecule has 0 spiro atoms. The van der Waals surface area contributed by atoms with Gasteiger partial charge in [0.05, 0.1) is 0 Å². The first kappa shape index (κ1) is 224. The van der Waals surface area contributed by atoms with Gasteiger partial charge in [-0.2, -0.15) is 0 Å². The van der Waals surface area contributed by atoms with Crippen LogP contribution in [0.3, 0.4) is 0 Å². The van der Waals surface area contributed by atoms with Crippen LogP contribution in [-0.4, -0.2) is 0 Å². The Kier molecular flexibility index (Phi) is 4130. The molecule has 9 heteroatoms. The molecule has 0 aliphatic heterocycles. The topological polar surface area (TPSA) is 73.0 Å². The number of hydrogen-bond acceptors (Lipinski definition) is 0. The maximum absolute atomic E-state index is 0. The summed E-state index contributed by atoms with van der Waals surface area (Å²) < 4.78 is 0. The largest absolute Gasteiger partial charge is 0.369 e. The van der Waals surface area contributed by atoms with Crippen molar-refractivity contribution in [2.45, 2.75) is 0 Å². The zero-order valence-corrected chi connectivity index (χ0v) is 11.2. The smallest absolute Gasteiger partial charge is 0 e. The van der Waals surface area contributed by atoms with Gasteiger partial charge in [-0.3, -0.25) is 0 Å². The first-order valence-corrected chi connectivity index (χ1v) is 0. The summed E-state index contributed by atoms with van der Waals surface area (Å²) in [5.74, 6) is 0. The number of hydrogen-bond donors (Lipinski definition) is 2. The second-order valence-corrected chi connectivity index (χ2v) is 0. The van der Waals surface area contributed by atoms with Crippen LogP contribution in [0, 0.1) is 0 Å². The molecule has 0 atom stereocenters. The minimum Gasteiger partial charge on any atom is -0.369 e. The molecule has 0 bridgehead atoms. The SMILES string of the molecule is Cl.Cl.Cl.Cl.Cl.Cl.[NH4+].[NH4+].[Pd]. The maximum atomic E-state index is 0. The molecule has 0 amide bonds. The fourth-order valence-corrected chi connectivity index (χ4v) is 0. The Morgan fingerprint density at radius 2 is 0.333 bits per heavy atom. The number of quaternary nitrogens is 2. The van der Waals surface area contributed by atoms with Crippen molar-refractivity contribution in [2.75, 3.05) is 0 Å². The van der Waals surface area contributed by atoms with Crippen LogP contribution in [0.25, 0.3) is 0 Å². The average Bonchev–Trinajstić information content (AvgIpc) is 0. The van der Waals surface area contributed by atoms with Gasteiger partial charge in [-0.05, 0) is 0 Å². The molecule has 74 valence electrons. The Hall–Kier alpha value is 2.32. The number of halogens is 6. The molecule has 0 radical (unpaired) electrons. The van der Waals surface area contributed by atoms with Gasteiger partial charge in [-0.25, -0.2) is 0 Å². The second-order valence-electron chi connectivity index (χ2n) is 0. The zero-order chi connectivity index (χ0) is 0. The predicted molar refractivity (Wildman–Crippen MR) is 55.5 cm³/mol. The molecule has 0 saturated carbocycles. The van der Waals surface area contributed by atoms with Crippen LogP contribution in [0.1, 0.15) is 0 Å². The molecule has 9 heavy (non-hydrogen) atoms. The second kappa shape index (κ2) is 166. The van der Waals surface area contributed by atoms with E-state index in [0.717, 1.165) is 0 Å². The van der Waals surface area contributed by atoms with Crippen LogP contribution in [-0.2, 0) is 20.4 Å². The summed E-state index contributed by atoms with van der Waals surface area (Å²) in [6, 6.07) is 0. The summed E-state index contributed by atoms with van der Waals surface area (Å²) in [4.78, 5) is 0. The van der Waals surface area contributed by atoms with Gasteiger partial charge in [0.15, 0.2) is 0 Å². The molecular weight excluding hydrogens is 347 g/mol. The summed E-state index contributed by atoms with van der Waals surface area (Å²) in [6.07, 6.45) is 0. The van der Waals surface area contributed by atoms with E-state index >= 15 is 0 Å². The average molecular weight is 361 g/mol. The molecule has 0 fully saturated rings. The van der Waals surface area contributed by atoms with Crippen LogP contribution in [0.15, 0.2) is 0 Å². The molecule has 0 aliphatic rings. The van der Waals surface area contributed by atoms with Crippen molar-refractivity contribution >= 4 is 74.4 Å². The van der Waals surface area contributed by atoms with E-state index in [0.29, 0.717) is 0 Å². The first-order chi connectivity index (χ1) is 0. The van der Waals surface area contributed by atoms with Gasteiger partial charge in [-0.1, -0.05) is 0 Å². The standard InChI is InChI=1S/6ClH.2H3N.Pd/h6*1H;2*1H3;/p+2. The van der Waals surface area contributed by atoms with Crippen molar-refractivity contribution in [3.63, 3.8) is 0 Å². The molecule has 0 unspecified atom stereocenters. The normalized spacial score (nSPS) is 0. The zero-order valence-electron chi connectivity index (χ0n) is 4.77. The predicted octanol–water partition coefficient (Wildman–Crippen LogP) is 3.28. The monoisotopic (exact) mass is 358 g/mol. The minimum absolute atomic E-state index is 0. The van der Waals surface area contributed by atoms with E-state index in [9.17, 15) is 0 Å². The summed E-state index contributed by atoms with van der Waals surface area (Å²) in [7, 11) is 0. The van der Waals surface area contributed by atoms with Crippen molar-refractivity contribution in [1.82, 2.24) is 12.3 Å². The van der Waals surface area contributed by atoms with Gasteiger partial charge < -0.3 is 12.3 Å². The van der Waals surface area contributed by atoms with Crippen molar-refractivity contribution in [3.8, 4) is 0 Å². The van der Waals surface area contributed by atoms with Gasteiger partial charge in [0.1, 0.15) is 0 Å². The molecular formula is H14Cl6N2Pd+2. The van der Waals surface area contributed by atoms with E-state index in [1.54, 1.807) is 0 Å². The third kappa shape index (κ3) is 133. The minimum atomic E-state index is 0. The van der Waals surface area contributed by atoms with E-state index in [4.69, 9.17) is 0 Å². The van der Waals surface area contributed by atoms with E-state index < -0.39 is 0 Å². The van der Waals surface area contributed by atoms with Gasteiger partial charge in [0.25, 0.3) is 0 Å². The Morgan fingerprint density at radius 3 is 0.333 bits per heavy atom. The summed E-state index contributed by atoms with van der Waals surface area (Å²) in [5.41, 5.74) is 0. The van der Waals surface area contributed by atoms with Crippen molar-refractivity contribution < 1.29 is 20.4 Å². The van der Waals surface area contributed by atoms with Crippen molar-refractivity contribution in [3.05, 3.63) is 0 Å². The molecule has 0 rings (SSSR count). The Labute approximate surface area is 106 Å². The van der Waals surface area contributed by atoms with E-state index in [1.165, 1.54) is 0 Å². The van der Waals surface area contributed by atoms with Gasteiger partial charge >= 0.3 is 0 Å². The fraction of sp³-hybridized carbons (Fsp3) is 0. The van der Waals surface area contributed by atoms with E-state index in [2.05, 4.69) is 0 Å². The molecule has 8 N–H and O–H groups in total. The van der Waals surface area contributed by atoms with Crippen molar-refractivity contribution in [1.29, 1.82) is 0 Å². The molecule has 0 aromatic carbocycles. The molecule has 2 nitrogen and oxygen atoms in total. The van der Waals surface area contributed by atoms with Crippen LogP contribution in [0.4, 0.5) is 0 Å². The molecule has 0 aromatic heterocycles. The Balaban J connectivity index is 0. The van der Waals surface area contributed by atoms with Crippen LogP contribution >= 0.6 is 74.4 Å². The molecule has 0 aliphatic carbocycles. The summed E-state index contributed by atoms with van der Waals surface area (Å²) in [5, 5.41) is 0. The molecule has 0 saturated heterocycles. The number of rotatable bonds is 0. The van der Waals surface area contributed by atoms with Crippen LogP contribution in [0.5, 0.6) is 0 Å². The first-order valence-electron chi connectivity index (χ1n) is 0. The van der Waals surface area contributed by atoms with Gasteiger partial charge in [0.2, 0.25) is 0 Å². The van der Waals surface area contributed by atoms with Crippen LogP contribution in [0.2, 0.25) is 0 Å². The third-order valence-electron chi connectivity index (χ3n) is 0. The van der Waals surface area contributed by atoms with Crippen LogP contribution < -0.4 is 12.3 Å². The molecule has 0 heterocycles. The fourth-order valence-electron chi connectivity index (χ4n) is 0. The Morgan fingerprint density at radius 1 is 0.333 bits per heavy atom. The Bertz CT molecular complexity index is 11.0. The van der Waals surface area contributed by atoms with Crippen molar-refractivity contribution in [2.24, 2.45) is 0 Å². The summed E-state index contributed by atoms with van der Waals surface area (Å²) >= 11 is 0.